The topological polar surface area (TPSA) is 52.0 Å². The summed E-state index contributed by atoms with van der Waals surface area (Å²) in [5.41, 5.74) is 2.44. The third-order valence-electron chi connectivity index (χ3n) is 4.40. The number of fused-ring (bicyclic) bond motifs is 1. The Labute approximate surface area is 148 Å². The Morgan fingerprint density at radius 1 is 1.08 bits per heavy atom. The smallest absolute Gasteiger partial charge is 0.222 e. The fourth-order valence-electron chi connectivity index (χ4n) is 3.14. The first kappa shape index (κ1) is 15.2. The first-order valence-electron chi connectivity index (χ1n) is 7.80. The normalized spacial score (nSPS) is 19.4. The van der Waals surface area contributed by atoms with Crippen LogP contribution in [0.1, 0.15) is 29.6 Å². The van der Waals surface area contributed by atoms with Crippen LogP contribution in [-0.4, -0.2) is 21.9 Å². The predicted molar refractivity (Wildman–Crippen MR) is 96.3 cm³/mol. The van der Waals surface area contributed by atoms with Crippen molar-refractivity contribution in [1.29, 1.82) is 0 Å². The number of aromatic nitrogens is 3. The number of rotatable bonds is 3. The van der Waals surface area contributed by atoms with E-state index in [1.807, 2.05) is 16.8 Å². The second-order valence-corrected chi connectivity index (χ2v) is 6.72. The molecule has 1 aliphatic heterocycles. The van der Waals surface area contributed by atoms with Crippen molar-refractivity contribution < 1.29 is 4.74 Å². The van der Waals surface area contributed by atoms with Gasteiger partial charge < -0.3 is 10.1 Å². The monoisotopic (exact) mass is 384 g/mol. The minimum Gasteiger partial charge on any atom is -0.497 e. The lowest BCUT2D eigenvalue weighted by Crippen LogP contribution is -2.28. The van der Waals surface area contributed by atoms with Gasteiger partial charge in [0.1, 0.15) is 12.1 Å². The number of ether oxygens (including phenoxy) is 1. The summed E-state index contributed by atoms with van der Waals surface area (Å²) in [6, 6.07) is 16.9. The highest BCUT2D eigenvalue weighted by Gasteiger charge is 2.29. The highest BCUT2D eigenvalue weighted by molar-refractivity contribution is 9.10. The molecule has 1 aromatic heterocycles. The lowest BCUT2D eigenvalue weighted by atomic mass is 9.93. The molecule has 3 aromatic rings. The van der Waals surface area contributed by atoms with Crippen LogP contribution in [0.15, 0.2) is 59.3 Å². The number of methoxy groups -OCH3 is 1. The van der Waals surface area contributed by atoms with Crippen LogP contribution in [0.25, 0.3) is 0 Å². The fourth-order valence-corrected chi connectivity index (χ4v) is 3.40. The first-order chi connectivity index (χ1) is 11.7. The Morgan fingerprint density at radius 3 is 2.50 bits per heavy atom. The van der Waals surface area contributed by atoms with Gasteiger partial charge in [0.05, 0.1) is 19.2 Å². The average molecular weight is 385 g/mol. The van der Waals surface area contributed by atoms with Crippen LogP contribution in [0.4, 0.5) is 5.95 Å². The van der Waals surface area contributed by atoms with Crippen molar-refractivity contribution >= 4 is 21.9 Å². The third kappa shape index (κ3) is 2.78. The molecular formula is C18H17BrN4O. The summed E-state index contributed by atoms with van der Waals surface area (Å²) >= 11 is 3.49. The van der Waals surface area contributed by atoms with E-state index in [4.69, 9.17) is 4.74 Å². The molecule has 2 atom stereocenters. The van der Waals surface area contributed by atoms with Gasteiger partial charge in [-0.05, 0) is 41.8 Å². The molecule has 0 saturated carbocycles. The Morgan fingerprint density at radius 2 is 1.79 bits per heavy atom. The first-order valence-corrected chi connectivity index (χ1v) is 8.59. The maximum absolute atomic E-state index is 5.26. The van der Waals surface area contributed by atoms with Gasteiger partial charge in [-0.2, -0.15) is 10.1 Å². The molecule has 0 fully saturated rings. The molecule has 4 rings (SSSR count). The molecule has 122 valence electrons. The maximum atomic E-state index is 5.26. The van der Waals surface area contributed by atoms with Crippen LogP contribution < -0.4 is 10.1 Å². The number of nitrogens with zero attached hydrogens (tertiary/aromatic N) is 3. The number of anilines is 1. The zero-order chi connectivity index (χ0) is 16.5. The van der Waals surface area contributed by atoms with Crippen molar-refractivity contribution in [2.75, 3.05) is 12.4 Å². The van der Waals surface area contributed by atoms with Crippen molar-refractivity contribution in [3.63, 3.8) is 0 Å². The van der Waals surface area contributed by atoms with E-state index in [9.17, 15) is 0 Å². The number of hydrogen-bond acceptors (Lipinski definition) is 4. The number of hydrogen-bond donors (Lipinski definition) is 1. The van der Waals surface area contributed by atoms with Gasteiger partial charge in [0.25, 0.3) is 0 Å². The summed E-state index contributed by atoms with van der Waals surface area (Å²) in [7, 11) is 1.68. The summed E-state index contributed by atoms with van der Waals surface area (Å²) in [6.45, 7) is 0. The Balaban J connectivity index is 1.69. The molecule has 5 nitrogen and oxygen atoms in total. The molecule has 0 spiro atoms. The summed E-state index contributed by atoms with van der Waals surface area (Å²) in [5, 5.41) is 7.89. The Bertz CT molecular complexity index is 829. The lowest BCUT2D eigenvalue weighted by Gasteiger charge is -2.31. The van der Waals surface area contributed by atoms with E-state index in [1.54, 1.807) is 13.4 Å². The summed E-state index contributed by atoms with van der Waals surface area (Å²) in [4.78, 5) is 4.37. The molecular weight excluding hydrogens is 368 g/mol. The number of nitrogens with one attached hydrogen (secondary N) is 1. The van der Waals surface area contributed by atoms with Crippen molar-refractivity contribution in [2.24, 2.45) is 0 Å². The molecule has 6 heteroatoms. The molecule has 2 heterocycles. The van der Waals surface area contributed by atoms with Gasteiger partial charge in [-0.1, -0.05) is 40.2 Å². The van der Waals surface area contributed by atoms with Crippen molar-refractivity contribution in [3.8, 4) is 5.75 Å². The van der Waals surface area contributed by atoms with E-state index < -0.39 is 0 Å². The average Bonchev–Trinajstić information content (AvgIpc) is 3.10. The molecule has 0 unspecified atom stereocenters. The van der Waals surface area contributed by atoms with E-state index in [1.165, 1.54) is 11.1 Å². The van der Waals surface area contributed by atoms with Crippen LogP contribution in [0.2, 0.25) is 0 Å². The third-order valence-corrected chi connectivity index (χ3v) is 4.93. The van der Waals surface area contributed by atoms with Crippen LogP contribution in [0.3, 0.4) is 0 Å². The molecule has 0 amide bonds. The molecule has 2 aromatic carbocycles. The highest BCUT2D eigenvalue weighted by Crippen LogP contribution is 2.37. The zero-order valence-electron chi connectivity index (χ0n) is 13.2. The Hall–Kier alpha value is -2.34. The lowest BCUT2D eigenvalue weighted by molar-refractivity contribution is 0.411. The van der Waals surface area contributed by atoms with Crippen LogP contribution in [-0.2, 0) is 0 Å². The predicted octanol–water partition coefficient (Wildman–Crippen LogP) is 4.20. The van der Waals surface area contributed by atoms with Gasteiger partial charge in [0.15, 0.2) is 0 Å². The molecule has 1 aliphatic rings. The molecule has 0 radical (unpaired) electrons. The molecule has 1 N–H and O–H groups in total. The van der Waals surface area contributed by atoms with Gasteiger partial charge in [0.2, 0.25) is 5.95 Å². The minimum atomic E-state index is 0.142. The number of halogens is 1. The van der Waals surface area contributed by atoms with Gasteiger partial charge in [0, 0.05) is 4.47 Å². The van der Waals surface area contributed by atoms with Crippen LogP contribution >= 0.6 is 15.9 Å². The van der Waals surface area contributed by atoms with Gasteiger partial charge >= 0.3 is 0 Å². The highest BCUT2D eigenvalue weighted by atomic mass is 79.9. The molecule has 0 aliphatic carbocycles. The Kier molecular flexibility index (Phi) is 3.98. The van der Waals surface area contributed by atoms with Gasteiger partial charge in [-0.3, -0.25) is 0 Å². The maximum Gasteiger partial charge on any atom is 0.222 e. The van der Waals surface area contributed by atoms with Crippen molar-refractivity contribution in [2.45, 2.75) is 18.5 Å². The SMILES string of the molecule is COc1ccc([C@@H]2C[C@@H](c3ccc(Br)cc3)Nc3ncnn32)cc1. The molecule has 24 heavy (non-hydrogen) atoms. The summed E-state index contributed by atoms with van der Waals surface area (Å²) in [5.74, 6) is 1.66. The van der Waals surface area contributed by atoms with E-state index >= 15 is 0 Å². The largest absolute Gasteiger partial charge is 0.497 e. The second-order valence-electron chi connectivity index (χ2n) is 5.80. The quantitative estimate of drug-likeness (QED) is 0.735. The standard InChI is InChI=1S/C18H17BrN4O/c1-24-15-8-4-13(5-9-15)17-10-16(12-2-6-14(19)7-3-12)22-18-20-11-21-23(17)18/h2-9,11,16-17H,10H2,1H3,(H,20,21,22)/t16-,17-/m0/s1. The second kappa shape index (κ2) is 6.28. The zero-order valence-corrected chi connectivity index (χ0v) is 14.8. The van der Waals surface area contributed by atoms with Gasteiger partial charge in [-0.15, -0.1) is 0 Å². The molecule has 0 bridgehead atoms. The van der Waals surface area contributed by atoms with E-state index in [0.29, 0.717) is 0 Å². The van der Waals surface area contributed by atoms with Crippen LogP contribution in [0.5, 0.6) is 5.75 Å². The minimum absolute atomic E-state index is 0.142. The summed E-state index contributed by atoms with van der Waals surface area (Å²) in [6.07, 6.45) is 2.51. The van der Waals surface area contributed by atoms with Crippen molar-refractivity contribution in [3.05, 3.63) is 70.5 Å². The number of benzene rings is 2. The van der Waals surface area contributed by atoms with Crippen molar-refractivity contribution in [1.82, 2.24) is 14.8 Å². The van der Waals surface area contributed by atoms with Gasteiger partial charge in [-0.25, -0.2) is 4.68 Å². The van der Waals surface area contributed by atoms with E-state index in [0.717, 1.165) is 22.6 Å². The van der Waals surface area contributed by atoms with E-state index in [-0.39, 0.29) is 12.1 Å². The fraction of sp³-hybridized carbons (Fsp3) is 0.222. The van der Waals surface area contributed by atoms with E-state index in [2.05, 4.69) is 67.7 Å². The summed E-state index contributed by atoms with van der Waals surface area (Å²) < 4.78 is 8.30. The molecule has 0 saturated heterocycles. The van der Waals surface area contributed by atoms with Crippen LogP contribution in [0, 0.1) is 0 Å².